The van der Waals surface area contributed by atoms with Crippen LogP contribution in [-0.2, 0) is 4.79 Å². The lowest BCUT2D eigenvalue weighted by Gasteiger charge is -2.12. The number of carbonyl (C=O) groups is 1. The Morgan fingerprint density at radius 2 is 2.00 bits per heavy atom. The van der Waals surface area contributed by atoms with E-state index >= 15 is 0 Å². The largest absolute Gasteiger partial charge is 0.388 e. The van der Waals surface area contributed by atoms with Gasteiger partial charge in [-0.25, -0.2) is 4.98 Å². The molecule has 0 aromatic carbocycles. The van der Waals surface area contributed by atoms with Crippen LogP contribution in [0.5, 0.6) is 0 Å². The third-order valence-electron chi connectivity index (χ3n) is 5.01. The molecule has 1 atom stereocenters. The number of amides is 1. The molecule has 0 aliphatic heterocycles. The summed E-state index contributed by atoms with van der Waals surface area (Å²) in [4.78, 5) is 20.9. The van der Waals surface area contributed by atoms with Gasteiger partial charge in [0.15, 0.2) is 0 Å². The van der Waals surface area contributed by atoms with Gasteiger partial charge in [-0.15, -0.1) is 0 Å². The average Bonchev–Trinajstić information content (AvgIpc) is 3.53. The number of aliphatic hydroxyl groups excluding tert-OH is 1. The Kier molecular flexibility index (Phi) is 6.05. The van der Waals surface area contributed by atoms with Crippen LogP contribution in [-0.4, -0.2) is 27.1 Å². The highest BCUT2D eigenvalue weighted by molar-refractivity contribution is 5.95. The van der Waals surface area contributed by atoms with Crippen LogP contribution in [0.2, 0.25) is 0 Å². The predicted molar refractivity (Wildman–Crippen MR) is 114 cm³/mol. The molecular weight excluding hydrogens is 350 g/mol. The van der Waals surface area contributed by atoms with Crippen molar-refractivity contribution in [3.8, 4) is 0 Å². The summed E-state index contributed by atoms with van der Waals surface area (Å²) in [5.74, 6) is 0.750. The van der Waals surface area contributed by atoms with E-state index in [1.807, 2.05) is 45.1 Å². The Hall–Kier alpha value is -2.79. The van der Waals surface area contributed by atoms with E-state index in [1.165, 1.54) is 0 Å². The van der Waals surface area contributed by atoms with Crippen molar-refractivity contribution in [1.29, 1.82) is 0 Å². The molecule has 5 nitrogen and oxygen atoms in total. The molecule has 1 aliphatic rings. The first-order valence-electron chi connectivity index (χ1n) is 9.71. The van der Waals surface area contributed by atoms with Crippen molar-refractivity contribution in [2.75, 3.05) is 5.32 Å². The zero-order valence-corrected chi connectivity index (χ0v) is 16.7. The number of nitrogens with one attached hydrogen (secondary N) is 1. The maximum atomic E-state index is 11.9. The topological polar surface area (TPSA) is 75.1 Å². The van der Waals surface area contributed by atoms with Crippen molar-refractivity contribution in [3.05, 3.63) is 60.1 Å². The third-order valence-corrected chi connectivity index (χ3v) is 5.01. The number of hydrogen-bond donors (Lipinski definition) is 2. The Labute approximate surface area is 165 Å². The normalized spacial score (nSPS) is 16.1. The van der Waals surface area contributed by atoms with Crippen molar-refractivity contribution in [1.82, 2.24) is 9.97 Å². The summed E-state index contributed by atoms with van der Waals surface area (Å²) in [6.45, 7) is 9.84. The van der Waals surface area contributed by atoms with E-state index in [0.29, 0.717) is 17.8 Å². The summed E-state index contributed by atoms with van der Waals surface area (Å²) < 4.78 is 0. The fourth-order valence-corrected chi connectivity index (χ4v) is 3.12. The summed E-state index contributed by atoms with van der Waals surface area (Å²) in [5.41, 5.74) is 3.50. The van der Waals surface area contributed by atoms with Gasteiger partial charge in [0.2, 0.25) is 5.91 Å². The molecule has 0 spiro atoms. The van der Waals surface area contributed by atoms with Crippen molar-refractivity contribution < 1.29 is 9.90 Å². The van der Waals surface area contributed by atoms with Gasteiger partial charge in [0, 0.05) is 29.1 Å². The number of allylic oxidation sites excluding steroid dienone is 3. The van der Waals surface area contributed by atoms with Crippen molar-refractivity contribution in [2.45, 2.75) is 46.1 Å². The molecular formula is C23H27N3O2. The van der Waals surface area contributed by atoms with Crippen LogP contribution in [0.4, 0.5) is 5.82 Å². The summed E-state index contributed by atoms with van der Waals surface area (Å²) in [7, 11) is 0. The molecule has 1 aliphatic carbocycles. The predicted octanol–water partition coefficient (Wildman–Crippen LogP) is 4.66. The maximum absolute atomic E-state index is 11.9. The lowest BCUT2D eigenvalue weighted by atomic mass is 9.98. The molecule has 2 N–H and O–H groups in total. The average molecular weight is 377 g/mol. The van der Waals surface area contributed by atoms with Crippen LogP contribution >= 0.6 is 0 Å². The van der Waals surface area contributed by atoms with E-state index in [2.05, 4.69) is 21.9 Å². The molecule has 0 bridgehead atoms. The number of fused-ring (bicyclic) bond motifs is 1. The zero-order valence-electron chi connectivity index (χ0n) is 16.7. The quantitative estimate of drug-likeness (QED) is 0.689. The van der Waals surface area contributed by atoms with Gasteiger partial charge < -0.3 is 10.4 Å². The van der Waals surface area contributed by atoms with Gasteiger partial charge >= 0.3 is 0 Å². The van der Waals surface area contributed by atoms with Gasteiger partial charge in [-0.1, -0.05) is 25.7 Å². The summed E-state index contributed by atoms with van der Waals surface area (Å²) >= 11 is 0. The minimum absolute atomic E-state index is 0.0443. The Bertz CT molecular complexity index is 971. The number of nitrogens with zero attached hydrogens (tertiary/aromatic N) is 2. The highest BCUT2D eigenvalue weighted by Gasteiger charge is 2.29. The molecule has 5 heteroatoms. The molecule has 2 aromatic heterocycles. The van der Waals surface area contributed by atoms with E-state index in [9.17, 15) is 9.90 Å². The number of anilines is 1. The summed E-state index contributed by atoms with van der Waals surface area (Å²) in [6, 6.07) is 3.84. The molecule has 1 unspecified atom stereocenters. The summed E-state index contributed by atoms with van der Waals surface area (Å²) in [6.07, 6.45) is 9.49. The monoisotopic (exact) mass is 377 g/mol. The van der Waals surface area contributed by atoms with Crippen LogP contribution < -0.4 is 5.32 Å². The molecule has 1 amide bonds. The van der Waals surface area contributed by atoms with Crippen molar-refractivity contribution in [3.63, 3.8) is 0 Å². The van der Waals surface area contributed by atoms with E-state index in [0.717, 1.165) is 40.5 Å². The van der Waals surface area contributed by atoms with E-state index in [4.69, 9.17) is 0 Å². The van der Waals surface area contributed by atoms with E-state index in [1.54, 1.807) is 12.4 Å². The van der Waals surface area contributed by atoms with Crippen LogP contribution in [0.1, 0.15) is 45.7 Å². The number of pyridine rings is 2. The van der Waals surface area contributed by atoms with Gasteiger partial charge in [-0.3, -0.25) is 9.78 Å². The number of hydrogen-bond acceptors (Lipinski definition) is 4. The van der Waals surface area contributed by atoms with Gasteiger partial charge in [0.05, 0.1) is 11.8 Å². The Morgan fingerprint density at radius 3 is 2.64 bits per heavy atom. The Morgan fingerprint density at radius 1 is 1.32 bits per heavy atom. The first-order chi connectivity index (χ1) is 13.4. The van der Waals surface area contributed by atoms with Gasteiger partial charge in [0.25, 0.3) is 0 Å². The van der Waals surface area contributed by atoms with Crippen molar-refractivity contribution >= 4 is 28.1 Å². The van der Waals surface area contributed by atoms with Crippen LogP contribution in [0.3, 0.4) is 0 Å². The second kappa shape index (κ2) is 8.48. The molecule has 1 saturated carbocycles. The van der Waals surface area contributed by atoms with Gasteiger partial charge in [-0.2, -0.15) is 0 Å². The third kappa shape index (κ3) is 4.54. The number of aromatic nitrogens is 2. The molecule has 3 rings (SSSR count). The van der Waals surface area contributed by atoms with Gasteiger partial charge in [0.1, 0.15) is 5.82 Å². The second-order valence-corrected chi connectivity index (χ2v) is 7.28. The maximum Gasteiger partial charge on any atom is 0.228 e. The fourth-order valence-electron chi connectivity index (χ4n) is 3.12. The highest BCUT2D eigenvalue weighted by atomic mass is 16.3. The second-order valence-electron chi connectivity index (χ2n) is 7.28. The van der Waals surface area contributed by atoms with Crippen LogP contribution in [0.15, 0.2) is 54.4 Å². The van der Waals surface area contributed by atoms with Crippen LogP contribution in [0.25, 0.3) is 16.3 Å². The number of carbonyl (C=O) groups excluding carboxylic acids is 1. The lowest BCUT2D eigenvalue weighted by Crippen LogP contribution is -2.14. The SMILES string of the molecule is C=C(/C=C(C)\C(=C/C)c1cc2cnc(NC(=O)C3CC3)cc2cn1)C(O)CC. The first kappa shape index (κ1) is 20.0. The van der Waals surface area contributed by atoms with Crippen LogP contribution in [0, 0.1) is 5.92 Å². The number of rotatable bonds is 7. The molecule has 0 saturated heterocycles. The zero-order chi connectivity index (χ0) is 20.3. The summed E-state index contributed by atoms with van der Waals surface area (Å²) in [5, 5.41) is 14.7. The van der Waals surface area contributed by atoms with E-state index < -0.39 is 6.10 Å². The minimum atomic E-state index is -0.536. The lowest BCUT2D eigenvalue weighted by molar-refractivity contribution is -0.117. The fraction of sp³-hybridized carbons (Fsp3) is 0.348. The Balaban J connectivity index is 1.84. The molecule has 2 aromatic rings. The molecule has 0 radical (unpaired) electrons. The first-order valence-corrected chi connectivity index (χ1v) is 9.71. The molecule has 28 heavy (non-hydrogen) atoms. The van der Waals surface area contributed by atoms with Crippen molar-refractivity contribution in [2.24, 2.45) is 5.92 Å². The highest BCUT2D eigenvalue weighted by Crippen LogP contribution is 2.30. The minimum Gasteiger partial charge on any atom is -0.388 e. The standard InChI is InChI=1S/C23H27N3O2/c1-5-19(14(3)9-15(4)21(27)6-2)20-10-17-13-25-22(11-18(17)12-24-20)26-23(28)16-7-8-16/h5,9-13,16,21,27H,4,6-8H2,1-3H3,(H,25,26,28)/b14-9-,19-5+. The molecule has 146 valence electrons. The molecule has 2 heterocycles. The van der Waals surface area contributed by atoms with E-state index in [-0.39, 0.29) is 11.8 Å². The molecule has 1 fully saturated rings. The smallest absolute Gasteiger partial charge is 0.228 e. The van der Waals surface area contributed by atoms with Gasteiger partial charge in [-0.05, 0) is 62.0 Å². The number of aliphatic hydroxyl groups is 1.